The SMILES string of the molecule is Cc1c(OC2CCN(CCCc3cn[nH]c(=O)c3Cl)CC2)ccc2cnc(C(F)(F)F)n12. The van der Waals surface area contributed by atoms with E-state index in [2.05, 4.69) is 20.1 Å². The molecule has 0 unspecified atom stereocenters. The van der Waals surface area contributed by atoms with Crippen LogP contribution in [0.5, 0.6) is 5.75 Å². The highest BCUT2D eigenvalue weighted by Crippen LogP contribution is 2.32. The number of aromatic nitrogens is 4. The molecule has 0 radical (unpaired) electrons. The lowest BCUT2D eigenvalue weighted by atomic mass is 10.1. The van der Waals surface area contributed by atoms with Crippen LogP contribution in [0.3, 0.4) is 0 Å². The molecule has 4 rings (SSSR count). The molecule has 1 aliphatic rings. The van der Waals surface area contributed by atoms with Crippen LogP contribution in [0.4, 0.5) is 13.2 Å². The van der Waals surface area contributed by atoms with E-state index < -0.39 is 12.0 Å². The first kappa shape index (κ1) is 22.6. The number of rotatable bonds is 6. The Balaban J connectivity index is 1.32. The summed E-state index contributed by atoms with van der Waals surface area (Å²) >= 11 is 6.01. The molecule has 32 heavy (non-hydrogen) atoms. The van der Waals surface area contributed by atoms with Gasteiger partial charge >= 0.3 is 6.18 Å². The first-order valence-electron chi connectivity index (χ1n) is 10.4. The maximum absolute atomic E-state index is 13.3. The zero-order valence-electron chi connectivity index (χ0n) is 17.5. The van der Waals surface area contributed by atoms with Crippen LogP contribution in [0.2, 0.25) is 5.02 Å². The molecule has 0 atom stereocenters. The van der Waals surface area contributed by atoms with E-state index in [4.69, 9.17) is 16.3 Å². The van der Waals surface area contributed by atoms with Gasteiger partial charge in [0, 0.05) is 13.1 Å². The van der Waals surface area contributed by atoms with Gasteiger partial charge in [-0.05, 0) is 56.8 Å². The standard InChI is InChI=1S/C21H23ClF3N5O2/c1-13-17(5-4-15-12-26-20(30(13)15)21(23,24)25)32-16-6-9-29(10-7-16)8-2-3-14-11-27-28-19(31)18(14)22/h4-5,11-12,16H,2-3,6-10H2,1H3,(H,28,31). The fourth-order valence-corrected chi connectivity index (χ4v) is 4.26. The van der Waals surface area contributed by atoms with Gasteiger partial charge in [0.25, 0.3) is 5.56 Å². The monoisotopic (exact) mass is 469 g/mol. The van der Waals surface area contributed by atoms with Gasteiger partial charge < -0.3 is 9.64 Å². The Hall–Kier alpha value is -2.59. The number of pyridine rings is 1. The number of nitrogens with zero attached hydrogens (tertiary/aromatic N) is 4. The lowest BCUT2D eigenvalue weighted by Crippen LogP contribution is -2.39. The Kier molecular flexibility index (Phi) is 6.43. The van der Waals surface area contributed by atoms with E-state index in [-0.39, 0.29) is 16.7 Å². The molecular weight excluding hydrogens is 447 g/mol. The van der Waals surface area contributed by atoms with Crippen molar-refractivity contribution in [3.63, 3.8) is 0 Å². The summed E-state index contributed by atoms with van der Waals surface area (Å²) in [5.74, 6) is -0.503. The highest BCUT2D eigenvalue weighted by atomic mass is 35.5. The Morgan fingerprint density at radius 2 is 2.00 bits per heavy atom. The summed E-state index contributed by atoms with van der Waals surface area (Å²) in [5.41, 5.74) is 1.12. The molecule has 1 N–H and O–H groups in total. The molecule has 1 saturated heterocycles. The number of hydrogen-bond donors (Lipinski definition) is 1. The highest BCUT2D eigenvalue weighted by molar-refractivity contribution is 6.31. The summed E-state index contributed by atoms with van der Waals surface area (Å²) in [6.07, 6.45) is 1.26. The Morgan fingerprint density at radius 1 is 1.25 bits per heavy atom. The van der Waals surface area contributed by atoms with Gasteiger partial charge in [-0.25, -0.2) is 10.1 Å². The maximum Gasteiger partial charge on any atom is 0.450 e. The number of imidazole rings is 1. The molecule has 0 spiro atoms. The Bertz CT molecular complexity index is 1150. The normalized spacial score (nSPS) is 16.0. The molecule has 0 saturated carbocycles. The number of hydrogen-bond acceptors (Lipinski definition) is 5. The first-order chi connectivity index (χ1) is 15.2. The number of fused-ring (bicyclic) bond motifs is 1. The summed E-state index contributed by atoms with van der Waals surface area (Å²) in [7, 11) is 0. The third-order valence-corrected chi connectivity index (χ3v) is 6.17. The molecule has 3 aromatic heterocycles. The molecular formula is C21H23ClF3N5O2. The van der Waals surface area contributed by atoms with Crippen molar-refractivity contribution in [1.82, 2.24) is 24.5 Å². The van der Waals surface area contributed by atoms with Crippen LogP contribution in [0.15, 0.2) is 29.3 Å². The molecule has 0 aromatic carbocycles. The van der Waals surface area contributed by atoms with E-state index in [1.807, 2.05) is 0 Å². The van der Waals surface area contributed by atoms with Crippen molar-refractivity contribution >= 4 is 17.1 Å². The smallest absolute Gasteiger partial charge is 0.450 e. The van der Waals surface area contributed by atoms with Crippen molar-refractivity contribution in [2.24, 2.45) is 0 Å². The van der Waals surface area contributed by atoms with Gasteiger partial charge in [-0.1, -0.05) is 11.6 Å². The fourth-order valence-electron chi connectivity index (χ4n) is 4.07. The van der Waals surface area contributed by atoms with Crippen LogP contribution >= 0.6 is 11.6 Å². The maximum atomic E-state index is 13.3. The second-order valence-electron chi connectivity index (χ2n) is 7.92. The van der Waals surface area contributed by atoms with Crippen LogP contribution in [0.25, 0.3) is 5.52 Å². The predicted molar refractivity (Wildman–Crippen MR) is 113 cm³/mol. The molecule has 1 fully saturated rings. The summed E-state index contributed by atoms with van der Waals surface area (Å²) in [4.78, 5) is 17.3. The number of nitrogens with one attached hydrogen (secondary N) is 1. The largest absolute Gasteiger partial charge is 0.488 e. The molecule has 3 aromatic rings. The summed E-state index contributed by atoms with van der Waals surface area (Å²) in [6.45, 7) is 4.12. The lowest BCUT2D eigenvalue weighted by molar-refractivity contribution is -0.145. The van der Waals surface area contributed by atoms with Gasteiger partial charge in [0.2, 0.25) is 5.82 Å². The van der Waals surface area contributed by atoms with Crippen molar-refractivity contribution in [2.45, 2.75) is 44.9 Å². The molecule has 7 nitrogen and oxygen atoms in total. The predicted octanol–water partition coefficient (Wildman–Crippen LogP) is 3.87. The van der Waals surface area contributed by atoms with Crippen molar-refractivity contribution in [3.05, 3.63) is 57.0 Å². The first-order valence-corrected chi connectivity index (χ1v) is 10.8. The van der Waals surface area contributed by atoms with E-state index in [0.717, 1.165) is 48.9 Å². The van der Waals surface area contributed by atoms with Gasteiger partial charge in [-0.2, -0.15) is 18.3 Å². The fraction of sp³-hybridized carbons (Fsp3) is 0.476. The summed E-state index contributed by atoms with van der Waals surface area (Å²) in [6, 6.07) is 3.30. The van der Waals surface area contributed by atoms with Crippen LogP contribution in [0, 0.1) is 6.92 Å². The van der Waals surface area contributed by atoms with E-state index >= 15 is 0 Å². The number of halogens is 4. The average Bonchev–Trinajstić information content (AvgIpc) is 3.20. The highest BCUT2D eigenvalue weighted by Gasteiger charge is 2.36. The second-order valence-corrected chi connectivity index (χ2v) is 8.30. The lowest BCUT2D eigenvalue weighted by Gasteiger charge is -2.32. The van der Waals surface area contributed by atoms with Crippen molar-refractivity contribution < 1.29 is 17.9 Å². The van der Waals surface area contributed by atoms with Gasteiger partial charge in [0.1, 0.15) is 16.9 Å². The Labute approximate surface area is 187 Å². The minimum atomic E-state index is -4.53. The van der Waals surface area contributed by atoms with Crippen LogP contribution in [0.1, 0.15) is 36.3 Å². The van der Waals surface area contributed by atoms with Crippen LogP contribution in [-0.4, -0.2) is 50.2 Å². The van der Waals surface area contributed by atoms with Crippen molar-refractivity contribution in [2.75, 3.05) is 19.6 Å². The van der Waals surface area contributed by atoms with Gasteiger partial charge in [-0.15, -0.1) is 0 Å². The van der Waals surface area contributed by atoms with E-state index in [0.29, 0.717) is 23.4 Å². The van der Waals surface area contributed by atoms with Crippen LogP contribution < -0.4 is 10.3 Å². The number of likely N-dealkylation sites (tertiary alicyclic amines) is 1. The van der Waals surface area contributed by atoms with E-state index in [1.165, 1.54) is 6.20 Å². The number of aryl methyl sites for hydroxylation is 2. The molecule has 0 amide bonds. The third-order valence-electron chi connectivity index (χ3n) is 5.76. The molecule has 1 aliphatic heterocycles. The summed E-state index contributed by atoms with van der Waals surface area (Å²) in [5, 5.41) is 6.27. The van der Waals surface area contributed by atoms with Crippen LogP contribution in [-0.2, 0) is 12.6 Å². The van der Waals surface area contributed by atoms with Gasteiger partial charge in [0.05, 0.1) is 23.6 Å². The molecule has 0 aliphatic carbocycles. The Morgan fingerprint density at radius 3 is 2.72 bits per heavy atom. The molecule has 0 bridgehead atoms. The molecule has 4 heterocycles. The number of alkyl halides is 3. The third kappa shape index (κ3) is 4.75. The molecule has 172 valence electrons. The number of piperidine rings is 1. The van der Waals surface area contributed by atoms with E-state index in [1.54, 1.807) is 25.3 Å². The second kappa shape index (κ2) is 9.11. The quantitative estimate of drug-likeness (QED) is 0.593. The topological polar surface area (TPSA) is 75.5 Å². The number of aromatic amines is 1. The zero-order chi connectivity index (χ0) is 22.9. The minimum Gasteiger partial charge on any atom is -0.488 e. The van der Waals surface area contributed by atoms with Crippen molar-refractivity contribution in [3.8, 4) is 5.75 Å². The zero-order valence-corrected chi connectivity index (χ0v) is 18.2. The van der Waals surface area contributed by atoms with Crippen molar-refractivity contribution in [1.29, 1.82) is 0 Å². The average molecular weight is 470 g/mol. The van der Waals surface area contributed by atoms with E-state index in [9.17, 15) is 18.0 Å². The van der Waals surface area contributed by atoms with Gasteiger partial charge in [-0.3, -0.25) is 9.20 Å². The molecule has 11 heteroatoms. The summed E-state index contributed by atoms with van der Waals surface area (Å²) < 4.78 is 46.9. The minimum absolute atomic E-state index is 0.0633. The number of H-pyrrole nitrogens is 1. The van der Waals surface area contributed by atoms with Gasteiger partial charge in [0.15, 0.2) is 0 Å². The number of ether oxygens (including phenoxy) is 1.